The van der Waals surface area contributed by atoms with Gasteiger partial charge in [0, 0.05) is 46.1 Å². The first-order valence-corrected chi connectivity index (χ1v) is 14.9. The molecular formula is C28H25Br2N3O3S. The lowest BCUT2D eigenvalue weighted by Gasteiger charge is -2.34. The quantitative estimate of drug-likeness (QED) is 0.266. The minimum atomic E-state index is -3.71. The molecule has 1 aromatic heterocycles. The maximum atomic E-state index is 13.8. The van der Waals surface area contributed by atoms with Crippen LogP contribution in [0.15, 0.2) is 80.6 Å². The third-order valence-electron chi connectivity index (χ3n) is 6.64. The van der Waals surface area contributed by atoms with Crippen LogP contribution in [0.5, 0.6) is 0 Å². The van der Waals surface area contributed by atoms with Gasteiger partial charge in [0.1, 0.15) is 0 Å². The van der Waals surface area contributed by atoms with Crippen LogP contribution in [-0.2, 0) is 10.0 Å². The van der Waals surface area contributed by atoms with E-state index in [1.54, 1.807) is 23.1 Å². The fourth-order valence-corrected chi connectivity index (χ4v) is 7.59. The monoisotopic (exact) mass is 641 g/mol. The maximum absolute atomic E-state index is 13.8. The SMILES string of the molecule is Cc1ccc(-c2cc(C(=O)N3CCN(S(=O)(=O)c4cc(Br)ccc4Br)CC3)c3ccccc3n2)c(C)c1. The smallest absolute Gasteiger partial charge is 0.254 e. The van der Waals surface area contributed by atoms with Gasteiger partial charge in [-0.05, 0) is 65.7 Å². The van der Waals surface area contributed by atoms with Gasteiger partial charge in [-0.1, -0.05) is 57.9 Å². The number of benzene rings is 3. The number of pyridine rings is 1. The molecule has 2 heterocycles. The van der Waals surface area contributed by atoms with Crippen molar-refractivity contribution in [1.29, 1.82) is 0 Å². The number of piperazine rings is 1. The Morgan fingerprint density at radius 3 is 2.35 bits per heavy atom. The molecular weight excluding hydrogens is 618 g/mol. The van der Waals surface area contributed by atoms with Crippen molar-refractivity contribution in [3.05, 3.63) is 92.4 Å². The summed E-state index contributed by atoms with van der Waals surface area (Å²) in [6.07, 6.45) is 0. The first-order valence-electron chi connectivity index (χ1n) is 11.9. The van der Waals surface area contributed by atoms with Crippen LogP contribution in [0.25, 0.3) is 22.2 Å². The molecule has 9 heteroatoms. The van der Waals surface area contributed by atoms with Gasteiger partial charge in [-0.15, -0.1) is 0 Å². The molecule has 1 aliphatic heterocycles. The fourth-order valence-electron chi connectivity index (χ4n) is 4.71. The molecule has 0 unspecified atom stereocenters. The van der Waals surface area contributed by atoms with Crippen molar-refractivity contribution < 1.29 is 13.2 Å². The van der Waals surface area contributed by atoms with Crippen LogP contribution in [0, 0.1) is 13.8 Å². The zero-order valence-corrected chi connectivity index (χ0v) is 24.4. The van der Waals surface area contributed by atoms with Gasteiger partial charge in [0.05, 0.1) is 21.7 Å². The Morgan fingerprint density at radius 1 is 0.892 bits per heavy atom. The van der Waals surface area contributed by atoms with Gasteiger partial charge >= 0.3 is 0 Å². The van der Waals surface area contributed by atoms with Crippen molar-refractivity contribution in [2.75, 3.05) is 26.2 Å². The summed E-state index contributed by atoms with van der Waals surface area (Å²) in [5.74, 6) is -0.120. The lowest BCUT2D eigenvalue weighted by Crippen LogP contribution is -2.50. The largest absolute Gasteiger partial charge is 0.336 e. The Morgan fingerprint density at radius 2 is 1.62 bits per heavy atom. The van der Waals surface area contributed by atoms with Crippen LogP contribution >= 0.6 is 31.9 Å². The average molecular weight is 643 g/mol. The van der Waals surface area contributed by atoms with Gasteiger partial charge in [-0.2, -0.15) is 4.31 Å². The molecule has 3 aromatic carbocycles. The summed E-state index contributed by atoms with van der Waals surface area (Å²) in [5, 5.41) is 0.786. The summed E-state index contributed by atoms with van der Waals surface area (Å²) in [7, 11) is -3.71. The van der Waals surface area contributed by atoms with Gasteiger partial charge in [-0.3, -0.25) is 4.79 Å². The Kier molecular flexibility index (Phi) is 7.24. The topological polar surface area (TPSA) is 70.6 Å². The summed E-state index contributed by atoms with van der Waals surface area (Å²) < 4.78 is 29.2. The third kappa shape index (κ3) is 5.10. The number of aromatic nitrogens is 1. The highest BCUT2D eigenvalue weighted by atomic mass is 79.9. The van der Waals surface area contributed by atoms with E-state index in [-0.39, 0.29) is 23.9 Å². The Balaban J connectivity index is 1.44. The highest BCUT2D eigenvalue weighted by Crippen LogP contribution is 2.31. The zero-order chi connectivity index (χ0) is 26.3. The minimum Gasteiger partial charge on any atom is -0.336 e. The predicted molar refractivity (Wildman–Crippen MR) is 153 cm³/mol. The number of amides is 1. The molecule has 37 heavy (non-hydrogen) atoms. The second kappa shape index (κ2) is 10.3. The van der Waals surface area contributed by atoms with Crippen molar-refractivity contribution >= 4 is 58.7 Å². The Bertz CT molecular complexity index is 1630. The summed E-state index contributed by atoms with van der Waals surface area (Å²) >= 11 is 6.72. The normalized spacial score (nSPS) is 14.8. The molecule has 1 fully saturated rings. The number of halogens is 2. The van der Waals surface area contributed by atoms with E-state index in [4.69, 9.17) is 4.98 Å². The van der Waals surface area contributed by atoms with Crippen LogP contribution in [0.1, 0.15) is 21.5 Å². The lowest BCUT2D eigenvalue weighted by atomic mass is 9.99. The van der Waals surface area contributed by atoms with Gasteiger partial charge in [0.15, 0.2) is 0 Å². The molecule has 190 valence electrons. The first-order chi connectivity index (χ1) is 17.6. The van der Waals surface area contributed by atoms with Gasteiger partial charge in [0.25, 0.3) is 5.91 Å². The molecule has 5 rings (SSSR count). The van der Waals surface area contributed by atoms with Crippen LogP contribution < -0.4 is 0 Å². The number of carbonyl (C=O) groups is 1. The molecule has 0 saturated carbocycles. The van der Waals surface area contributed by atoms with E-state index in [1.807, 2.05) is 49.4 Å². The highest BCUT2D eigenvalue weighted by Gasteiger charge is 2.32. The number of para-hydroxylation sites is 1. The van der Waals surface area contributed by atoms with E-state index in [0.29, 0.717) is 27.6 Å². The molecule has 0 spiro atoms. The standard InChI is InChI=1S/C28H25Br2N3O3S/c1-18-7-9-21(19(2)15-18)26-17-23(22-5-3-4-6-25(22)31-26)28(34)32-11-13-33(14-12-32)37(35,36)27-16-20(29)8-10-24(27)30/h3-10,15-17H,11-14H2,1-2H3. The second-order valence-corrected chi connectivity index (χ2v) is 12.8. The molecule has 0 radical (unpaired) electrons. The maximum Gasteiger partial charge on any atom is 0.254 e. The predicted octanol–water partition coefficient (Wildman–Crippen LogP) is 6.19. The number of nitrogens with zero attached hydrogens (tertiary/aromatic N) is 3. The summed E-state index contributed by atoms with van der Waals surface area (Å²) in [4.78, 5) is 20.6. The molecule has 0 bridgehead atoms. The van der Waals surface area contributed by atoms with E-state index in [1.165, 1.54) is 9.87 Å². The highest BCUT2D eigenvalue weighted by molar-refractivity contribution is 9.11. The number of hydrogen-bond donors (Lipinski definition) is 0. The molecule has 1 amide bonds. The first kappa shape index (κ1) is 26.0. The molecule has 0 N–H and O–H groups in total. The summed E-state index contributed by atoms with van der Waals surface area (Å²) in [6, 6.07) is 20.8. The number of hydrogen-bond acceptors (Lipinski definition) is 4. The Labute approximate surface area is 233 Å². The number of rotatable bonds is 4. The molecule has 1 aliphatic rings. The fraction of sp³-hybridized carbons (Fsp3) is 0.214. The van der Waals surface area contributed by atoms with Gasteiger partial charge in [-0.25, -0.2) is 13.4 Å². The second-order valence-electron chi connectivity index (χ2n) is 9.16. The van der Waals surface area contributed by atoms with E-state index in [0.717, 1.165) is 27.7 Å². The van der Waals surface area contributed by atoms with Crippen LogP contribution in [0.4, 0.5) is 0 Å². The summed E-state index contributed by atoms with van der Waals surface area (Å²) in [6.45, 7) is 5.15. The van der Waals surface area contributed by atoms with E-state index in [2.05, 4.69) is 44.8 Å². The number of sulfonamides is 1. The minimum absolute atomic E-state index is 0.120. The van der Waals surface area contributed by atoms with Crippen molar-refractivity contribution in [3.8, 4) is 11.3 Å². The number of fused-ring (bicyclic) bond motifs is 1. The van der Waals surface area contributed by atoms with Crippen molar-refractivity contribution in [3.63, 3.8) is 0 Å². The molecule has 6 nitrogen and oxygen atoms in total. The summed E-state index contributed by atoms with van der Waals surface area (Å²) in [5.41, 5.74) is 5.33. The lowest BCUT2D eigenvalue weighted by molar-refractivity contribution is 0.0700. The molecule has 1 saturated heterocycles. The van der Waals surface area contributed by atoms with E-state index < -0.39 is 10.0 Å². The average Bonchev–Trinajstić information content (AvgIpc) is 2.89. The van der Waals surface area contributed by atoms with E-state index >= 15 is 0 Å². The molecule has 0 atom stereocenters. The van der Waals surface area contributed by atoms with Gasteiger partial charge < -0.3 is 4.90 Å². The molecule has 0 aliphatic carbocycles. The van der Waals surface area contributed by atoms with Crippen LogP contribution in [-0.4, -0.2) is 54.7 Å². The van der Waals surface area contributed by atoms with Crippen molar-refractivity contribution in [2.24, 2.45) is 0 Å². The number of carbonyl (C=O) groups excluding carboxylic acids is 1. The van der Waals surface area contributed by atoms with Crippen LogP contribution in [0.3, 0.4) is 0 Å². The van der Waals surface area contributed by atoms with Gasteiger partial charge in [0.2, 0.25) is 10.0 Å². The van der Waals surface area contributed by atoms with E-state index in [9.17, 15) is 13.2 Å². The van der Waals surface area contributed by atoms with Crippen molar-refractivity contribution in [1.82, 2.24) is 14.2 Å². The third-order valence-corrected chi connectivity index (χ3v) is 10.0. The zero-order valence-electron chi connectivity index (χ0n) is 20.4. The van der Waals surface area contributed by atoms with Crippen LogP contribution in [0.2, 0.25) is 0 Å². The molecule has 4 aromatic rings. The van der Waals surface area contributed by atoms with Crippen molar-refractivity contribution in [2.45, 2.75) is 18.7 Å². The Hall–Kier alpha value is -2.59. The number of aryl methyl sites for hydroxylation is 2.